The maximum absolute atomic E-state index is 14.3. The highest BCUT2D eigenvalue weighted by atomic mass is 16.5. The van der Waals surface area contributed by atoms with Crippen molar-refractivity contribution >= 4 is 17.8 Å². The SMILES string of the molecule is CCCCOCCCNC(=O)C[C@H]1C[C@@]2(C(=O)OC)C(=C[C@H](C3CCCC3)O[C@@H]2C)N(CCc2ccc(OC)c(OC)c2)C1=O. The first-order chi connectivity index (χ1) is 21.8. The number of hydrogen-bond acceptors (Lipinski definition) is 8. The van der Waals surface area contributed by atoms with Gasteiger partial charge in [-0.25, -0.2) is 0 Å². The zero-order valence-electron chi connectivity index (χ0n) is 27.7. The molecule has 1 N–H and O–H groups in total. The predicted molar refractivity (Wildman–Crippen MR) is 170 cm³/mol. The minimum atomic E-state index is -1.20. The Hall–Kier alpha value is -3.11. The van der Waals surface area contributed by atoms with E-state index in [9.17, 15) is 14.4 Å². The molecular weight excluding hydrogens is 576 g/mol. The number of methoxy groups -OCH3 is 3. The summed E-state index contributed by atoms with van der Waals surface area (Å²) in [7, 11) is 4.56. The molecule has 45 heavy (non-hydrogen) atoms. The summed E-state index contributed by atoms with van der Waals surface area (Å²) in [4.78, 5) is 42.9. The fraction of sp³-hybridized carbons (Fsp3) is 0.686. The highest BCUT2D eigenvalue weighted by Gasteiger charge is 2.60. The number of benzene rings is 1. The zero-order chi connectivity index (χ0) is 32.4. The van der Waals surface area contributed by atoms with E-state index in [2.05, 4.69) is 12.2 Å². The largest absolute Gasteiger partial charge is 0.493 e. The number of ether oxygens (including phenoxy) is 5. The second kappa shape index (κ2) is 16.5. The van der Waals surface area contributed by atoms with Crippen LogP contribution in [0.5, 0.6) is 11.5 Å². The Labute approximate surface area is 268 Å². The van der Waals surface area contributed by atoms with Crippen molar-refractivity contribution in [2.45, 2.75) is 90.3 Å². The first-order valence-electron chi connectivity index (χ1n) is 16.6. The predicted octanol–water partition coefficient (Wildman–Crippen LogP) is 4.83. The fourth-order valence-electron chi connectivity index (χ4n) is 7.10. The molecule has 1 aromatic rings. The molecule has 2 fully saturated rings. The number of amides is 2. The molecule has 3 aliphatic rings. The highest BCUT2D eigenvalue weighted by Crippen LogP contribution is 2.51. The summed E-state index contributed by atoms with van der Waals surface area (Å²) in [6.45, 7) is 6.10. The Morgan fingerprint density at radius 3 is 2.49 bits per heavy atom. The molecule has 2 aliphatic heterocycles. The second-order valence-electron chi connectivity index (χ2n) is 12.5. The number of unbranched alkanes of at least 4 members (excludes halogenated alkanes) is 1. The van der Waals surface area contributed by atoms with Crippen LogP contribution in [-0.2, 0) is 35.0 Å². The number of hydrogen-bond donors (Lipinski definition) is 1. The lowest BCUT2D eigenvalue weighted by Gasteiger charge is -2.52. The van der Waals surface area contributed by atoms with Gasteiger partial charge >= 0.3 is 5.97 Å². The van der Waals surface area contributed by atoms with Crippen molar-refractivity contribution in [3.8, 4) is 11.5 Å². The number of rotatable bonds is 16. The maximum atomic E-state index is 14.3. The summed E-state index contributed by atoms with van der Waals surface area (Å²) < 4.78 is 28.5. The van der Waals surface area contributed by atoms with E-state index in [1.807, 2.05) is 31.2 Å². The third-order valence-electron chi connectivity index (χ3n) is 9.66. The minimum absolute atomic E-state index is 0.0207. The van der Waals surface area contributed by atoms with E-state index in [0.717, 1.165) is 44.1 Å². The number of nitrogens with one attached hydrogen (secondary N) is 1. The topological polar surface area (TPSA) is 113 Å². The average Bonchev–Trinajstić information content (AvgIpc) is 3.59. The molecule has 250 valence electrons. The van der Waals surface area contributed by atoms with Gasteiger partial charge < -0.3 is 33.9 Å². The van der Waals surface area contributed by atoms with Gasteiger partial charge in [-0.3, -0.25) is 14.4 Å². The minimum Gasteiger partial charge on any atom is -0.493 e. The van der Waals surface area contributed by atoms with E-state index in [1.54, 1.807) is 19.1 Å². The van der Waals surface area contributed by atoms with E-state index >= 15 is 0 Å². The van der Waals surface area contributed by atoms with E-state index < -0.39 is 23.4 Å². The van der Waals surface area contributed by atoms with Gasteiger partial charge in [0.1, 0.15) is 5.41 Å². The van der Waals surface area contributed by atoms with Crippen molar-refractivity contribution in [1.82, 2.24) is 10.2 Å². The van der Waals surface area contributed by atoms with Crippen molar-refractivity contribution in [2.75, 3.05) is 47.6 Å². The Balaban J connectivity index is 1.59. The molecule has 4 rings (SSSR count). The van der Waals surface area contributed by atoms with Crippen LogP contribution in [0.25, 0.3) is 0 Å². The molecule has 4 atom stereocenters. The Kier molecular flexibility index (Phi) is 12.7. The molecule has 1 saturated carbocycles. The first kappa shape index (κ1) is 34.8. The Morgan fingerprint density at radius 1 is 1.07 bits per heavy atom. The summed E-state index contributed by atoms with van der Waals surface area (Å²) in [6, 6.07) is 5.70. The van der Waals surface area contributed by atoms with Gasteiger partial charge in [0.15, 0.2) is 11.5 Å². The molecule has 1 saturated heterocycles. The molecule has 0 radical (unpaired) electrons. The standard InChI is InChI=1S/C35H52N2O8/c1-6-7-18-44-19-10-16-36-32(38)21-27-23-35(34(40)43-5)24(2)45-29(26-11-8-9-12-26)22-31(35)37(33(27)39)17-15-25-13-14-28(41-3)30(20-25)42-4/h13-14,20,22,24,26-27,29H,6-12,15-19,21,23H2,1-5H3,(H,36,38)/t24-,27+,29-,35+/m1/s1. The summed E-state index contributed by atoms with van der Waals surface area (Å²) >= 11 is 0. The van der Waals surface area contributed by atoms with Crippen LogP contribution < -0.4 is 14.8 Å². The van der Waals surface area contributed by atoms with Crippen LogP contribution in [0.2, 0.25) is 0 Å². The highest BCUT2D eigenvalue weighted by molar-refractivity contribution is 5.92. The van der Waals surface area contributed by atoms with Gasteiger partial charge in [-0.15, -0.1) is 0 Å². The number of fused-ring (bicyclic) bond motifs is 1. The second-order valence-corrected chi connectivity index (χ2v) is 12.5. The van der Waals surface area contributed by atoms with Gasteiger partial charge in [0, 0.05) is 44.3 Å². The molecule has 0 aromatic heterocycles. The molecule has 2 heterocycles. The zero-order valence-corrected chi connectivity index (χ0v) is 27.7. The van der Waals surface area contributed by atoms with Gasteiger partial charge in [0.05, 0.1) is 33.5 Å². The molecule has 10 heteroatoms. The van der Waals surface area contributed by atoms with Gasteiger partial charge in [-0.05, 0) is 75.1 Å². The summed E-state index contributed by atoms with van der Waals surface area (Å²) in [5, 5.41) is 2.94. The van der Waals surface area contributed by atoms with Crippen LogP contribution in [0.15, 0.2) is 30.0 Å². The summed E-state index contributed by atoms with van der Waals surface area (Å²) in [5.74, 6) is 0.0492. The number of esters is 1. The number of carbonyl (C=O) groups is 3. The third kappa shape index (κ3) is 8.01. The summed E-state index contributed by atoms with van der Waals surface area (Å²) in [5.41, 5.74) is 0.405. The maximum Gasteiger partial charge on any atom is 0.320 e. The van der Waals surface area contributed by atoms with E-state index in [1.165, 1.54) is 7.11 Å². The van der Waals surface area contributed by atoms with Gasteiger partial charge in [0.2, 0.25) is 11.8 Å². The van der Waals surface area contributed by atoms with Crippen LogP contribution in [0.3, 0.4) is 0 Å². The normalized spacial score (nSPS) is 25.0. The van der Waals surface area contributed by atoms with E-state index in [4.69, 9.17) is 23.7 Å². The molecule has 10 nitrogen and oxygen atoms in total. The molecule has 2 amide bonds. The van der Waals surface area contributed by atoms with Crippen LogP contribution in [-0.4, -0.2) is 82.5 Å². The molecular formula is C35H52N2O8. The average molecular weight is 629 g/mol. The molecule has 0 bridgehead atoms. The lowest BCUT2D eigenvalue weighted by molar-refractivity contribution is -0.177. The Bertz CT molecular complexity index is 1200. The lowest BCUT2D eigenvalue weighted by atomic mass is 9.66. The Morgan fingerprint density at radius 2 is 1.80 bits per heavy atom. The lowest BCUT2D eigenvalue weighted by Crippen LogP contribution is -2.61. The van der Waals surface area contributed by atoms with Gasteiger partial charge in [0.25, 0.3) is 0 Å². The van der Waals surface area contributed by atoms with E-state index in [0.29, 0.717) is 62.3 Å². The van der Waals surface area contributed by atoms with Crippen LogP contribution in [0, 0.1) is 17.3 Å². The van der Waals surface area contributed by atoms with Crippen molar-refractivity contribution in [3.05, 3.63) is 35.5 Å². The van der Waals surface area contributed by atoms with Crippen LogP contribution in [0.4, 0.5) is 0 Å². The fourth-order valence-corrected chi connectivity index (χ4v) is 7.10. The molecule has 0 unspecified atom stereocenters. The van der Waals surface area contributed by atoms with E-state index in [-0.39, 0.29) is 30.8 Å². The number of likely N-dealkylation sites (tertiary alicyclic amines) is 1. The molecule has 1 aliphatic carbocycles. The summed E-state index contributed by atoms with van der Waals surface area (Å²) in [6.07, 6.45) is 9.12. The van der Waals surface area contributed by atoms with Crippen LogP contribution in [0.1, 0.15) is 77.2 Å². The smallest absolute Gasteiger partial charge is 0.320 e. The quantitative estimate of drug-likeness (QED) is 0.205. The molecule has 1 aromatic carbocycles. The van der Waals surface area contributed by atoms with Crippen molar-refractivity contribution in [1.29, 1.82) is 0 Å². The van der Waals surface area contributed by atoms with Crippen molar-refractivity contribution in [3.63, 3.8) is 0 Å². The number of piperidine rings is 1. The van der Waals surface area contributed by atoms with Crippen molar-refractivity contribution < 1.29 is 38.1 Å². The molecule has 0 spiro atoms. The number of nitrogens with zero attached hydrogens (tertiary/aromatic N) is 1. The van der Waals surface area contributed by atoms with Gasteiger partial charge in [-0.2, -0.15) is 0 Å². The van der Waals surface area contributed by atoms with Crippen molar-refractivity contribution in [2.24, 2.45) is 17.3 Å². The van der Waals surface area contributed by atoms with Gasteiger partial charge in [-0.1, -0.05) is 32.3 Å². The number of carbonyl (C=O) groups excluding carboxylic acids is 3. The third-order valence-corrected chi connectivity index (χ3v) is 9.66. The monoisotopic (exact) mass is 628 g/mol. The first-order valence-corrected chi connectivity index (χ1v) is 16.6. The van der Waals surface area contributed by atoms with Crippen LogP contribution >= 0.6 is 0 Å².